The predicted molar refractivity (Wildman–Crippen MR) is 66.2 cm³/mol. The third-order valence-electron chi connectivity index (χ3n) is 3.33. The summed E-state index contributed by atoms with van der Waals surface area (Å²) in [7, 11) is 0. The first-order valence-electron chi connectivity index (χ1n) is 6.22. The highest BCUT2D eigenvalue weighted by Crippen LogP contribution is 2.21. The van der Waals surface area contributed by atoms with Crippen molar-refractivity contribution in [1.82, 2.24) is 10.3 Å². The minimum atomic E-state index is -0.388. The van der Waals surface area contributed by atoms with Crippen LogP contribution in [-0.4, -0.2) is 16.9 Å². The van der Waals surface area contributed by atoms with Gasteiger partial charge < -0.3 is 5.73 Å². The van der Waals surface area contributed by atoms with E-state index in [-0.39, 0.29) is 11.9 Å². The van der Waals surface area contributed by atoms with Crippen LogP contribution in [0, 0.1) is 0 Å². The molecule has 1 aliphatic rings. The lowest BCUT2D eigenvalue weighted by Crippen LogP contribution is -2.40. The summed E-state index contributed by atoms with van der Waals surface area (Å²) in [5.41, 5.74) is 6.37. The van der Waals surface area contributed by atoms with E-state index < -0.39 is 0 Å². The maximum Gasteiger partial charge on any atom is 0.239 e. The number of rotatable bonds is 4. The number of carbonyl (C=O) groups excluding carboxylic acids is 1. The molecular weight excluding hydrogens is 214 g/mol. The van der Waals surface area contributed by atoms with Crippen LogP contribution in [0.2, 0.25) is 0 Å². The zero-order valence-electron chi connectivity index (χ0n) is 9.93. The highest BCUT2D eigenvalue weighted by molar-refractivity contribution is 5.81. The summed E-state index contributed by atoms with van der Waals surface area (Å²) >= 11 is 0. The van der Waals surface area contributed by atoms with E-state index in [0.29, 0.717) is 6.04 Å². The molecule has 1 heterocycles. The number of amides is 1. The van der Waals surface area contributed by atoms with E-state index in [9.17, 15) is 4.79 Å². The molecule has 2 rings (SSSR count). The number of hydrogen-bond acceptors (Lipinski definition) is 3. The van der Waals surface area contributed by atoms with Gasteiger partial charge in [-0.3, -0.25) is 15.1 Å². The minimum absolute atomic E-state index is 0.318. The lowest BCUT2D eigenvalue weighted by Gasteiger charge is -2.27. The minimum Gasteiger partial charge on any atom is -0.368 e. The number of aromatic nitrogens is 1. The Hall–Kier alpha value is -1.42. The monoisotopic (exact) mass is 233 g/mol. The topological polar surface area (TPSA) is 68.0 Å². The zero-order valence-corrected chi connectivity index (χ0v) is 9.93. The van der Waals surface area contributed by atoms with Gasteiger partial charge in [0.15, 0.2) is 0 Å². The molecule has 1 amide bonds. The second-order valence-electron chi connectivity index (χ2n) is 4.62. The predicted octanol–water partition coefficient (Wildman–Crippen LogP) is 1.53. The van der Waals surface area contributed by atoms with Gasteiger partial charge in [-0.2, -0.15) is 0 Å². The highest BCUT2D eigenvalue weighted by atomic mass is 16.1. The molecule has 1 saturated carbocycles. The van der Waals surface area contributed by atoms with E-state index >= 15 is 0 Å². The number of nitrogens with two attached hydrogens (primary N) is 1. The number of nitrogens with zero attached hydrogens (tertiary/aromatic N) is 1. The molecule has 0 radical (unpaired) electrons. The van der Waals surface area contributed by atoms with Crippen molar-refractivity contribution < 1.29 is 4.79 Å². The van der Waals surface area contributed by atoms with Gasteiger partial charge in [-0.1, -0.05) is 19.3 Å². The first-order chi connectivity index (χ1) is 8.27. The van der Waals surface area contributed by atoms with E-state index in [1.807, 2.05) is 12.1 Å². The van der Waals surface area contributed by atoms with Gasteiger partial charge in [0.05, 0.1) is 0 Å². The summed E-state index contributed by atoms with van der Waals surface area (Å²) in [5, 5.41) is 3.37. The van der Waals surface area contributed by atoms with Crippen LogP contribution in [0.4, 0.5) is 0 Å². The Morgan fingerprint density at radius 1 is 1.29 bits per heavy atom. The summed E-state index contributed by atoms with van der Waals surface area (Å²) in [6, 6.07) is 3.70. The molecule has 0 bridgehead atoms. The van der Waals surface area contributed by atoms with Crippen molar-refractivity contribution in [1.29, 1.82) is 0 Å². The largest absolute Gasteiger partial charge is 0.368 e. The molecule has 4 heteroatoms. The number of primary amides is 1. The maximum absolute atomic E-state index is 11.5. The molecule has 0 spiro atoms. The normalized spacial score (nSPS) is 18.8. The number of hydrogen-bond donors (Lipinski definition) is 2. The smallest absolute Gasteiger partial charge is 0.239 e. The second kappa shape index (κ2) is 5.77. The van der Waals surface area contributed by atoms with Crippen LogP contribution in [0.1, 0.15) is 43.7 Å². The molecule has 1 atom stereocenters. The van der Waals surface area contributed by atoms with Crippen molar-refractivity contribution >= 4 is 5.91 Å². The Bertz CT molecular complexity index is 360. The fraction of sp³-hybridized carbons (Fsp3) is 0.538. The molecular formula is C13H19N3O. The zero-order chi connectivity index (χ0) is 12.1. The first kappa shape index (κ1) is 12.0. The molecule has 0 saturated heterocycles. The average molecular weight is 233 g/mol. The molecule has 1 aromatic heterocycles. The summed E-state index contributed by atoms with van der Waals surface area (Å²) in [4.78, 5) is 15.5. The fourth-order valence-electron chi connectivity index (χ4n) is 2.40. The van der Waals surface area contributed by atoms with Gasteiger partial charge in [0.25, 0.3) is 0 Å². The van der Waals surface area contributed by atoms with Crippen molar-refractivity contribution in [2.45, 2.75) is 44.2 Å². The van der Waals surface area contributed by atoms with Crippen LogP contribution in [0.15, 0.2) is 24.5 Å². The van der Waals surface area contributed by atoms with Crippen LogP contribution in [0.5, 0.6) is 0 Å². The lowest BCUT2D eigenvalue weighted by atomic mass is 9.94. The summed E-state index contributed by atoms with van der Waals surface area (Å²) < 4.78 is 0. The van der Waals surface area contributed by atoms with Crippen LogP contribution in [0.25, 0.3) is 0 Å². The second-order valence-corrected chi connectivity index (χ2v) is 4.62. The van der Waals surface area contributed by atoms with Crippen LogP contribution < -0.4 is 11.1 Å². The third-order valence-corrected chi connectivity index (χ3v) is 3.33. The van der Waals surface area contributed by atoms with Gasteiger partial charge in [0.2, 0.25) is 5.91 Å². The van der Waals surface area contributed by atoms with E-state index in [1.54, 1.807) is 12.4 Å². The number of carbonyl (C=O) groups is 1. The van der Waals surface area contributed by atoms with Crippen molar-refractivity contribution in [3.05, 3.63) is 30.1 Å². The number of nitrogens with one attached hydrogen (secondary N) is 1. The Labute approximate surface area is 102 Å². The van der Waals surface area contributed by atoms with E-state index in [4.69, 9.17) is 5.73 Å². The van der Waals surface area contributed by atoms with Crippen molar-refractivity contribution in [2.24, 2.45) is 5.73 Å². The molecule has 3 N–H and O–H groups in total. The van der Waals surface area contributed by atoms with Gasteiger partial charge in [-0.25, -0.2) is 0 Å². The Morgan fingerprint density at radius 3 is 2.53 bits per heavy atom. The van der Waals surface area contributed by atoms with E-state index in [1.165, 1.54) is 19.3 Å². The van der Waals surface area contributed by atoms with Crippen molar-refractivity contribution in [3.63, 3.8) is 0 Å². The van der Waals surface area contributed by atoms with E-state index in [2.05, 4.69) is 10.3 Å². The van der Waals surface area contributed by atoms with Crippen LogP contribution >= 0.6 is 0 Å². The lowest BCUT2D eigenvalue weighted by molar-refractivity contribution is -0.120. The molecule has 1 aliphatic carbocycles. The van der Waals surface area contributed by atoms with Gasteiger partial charge >= 0.3 is 0 Å². The van der Waals surface area contributed by atoms with Gasteiger partial charge in [0.1, 0.15) is 6.04 Å². The van der Waals surface area contributed by atoms with Crippen LogP contribution in [-0.2, 0) is 4.79 Å². The van der Waals surface area contributed by atoms with Crippen molar-refractivity contribution in [3.8, 4) is 0 Å². The fourth-order valence-corrected chi connectivity index (χ4v) is 2.40. The molecule has 1 aromatic rings. The Morgan fingerprint density at radius 2 is 1.94 bits per heavy atom. The quantitative estimate of drug-likeness (QED) is 0.828. The van der Waals surface area contributed by atoms with Crippen molar-refractivity contribution in [2.75, 3.05) is 0 Å². The summed E-state index contributed by atoms with van der Waals surface area (Å²) in [6.45, 7) is 0. The Balaban J connectivity index is 2.05. The van der Waals surface area contributed by atoms with Gasteiger partial charge in [-0.05, 0) is 30.5 Å². The SMILES string of the molecule is NC(=O)C(NC1CCCCC1)c1ccncc1. The molecule has 4 nitrogen and oxygen atoms in total. The van der Waals surface area contributed by atoms with Gasteiger partial charge in [-0.15, -0.1) is 0 Å². The first-order valence-corrected chi connectivity index (χ1v) is 6.22. The van der Waals surface area contributed by atoms with Gasteiger partial charge in [0, 0.05) is 18.4 Å². The molecule has 1 fully saturated rings. The summed E-state index contributed by atoms with van der Waals surface area (Å²) in [5.74, 6) is -0.318. The average Bonchev–Trinajstić information content (AvgIpc) is 2.38. The summed E-state index contributed by atoms with van der Waals surface area (Å²) in [6.07, 6.45) is 9.42. The third kappa shape index (κ3) is 3.27. The maximum atomic E-state index is 11.5. The molecule has 17 heavy (non-hydrogen) atoms. The molecule has 1 unspecified atom stereocenters. The standard InChI is InChI=1S/C13H19N3O/c14-13(17)12(10-6-8-15-9-7-10)16-11-4-2-1-3-5-11/h6-9,11-12,16H,1-5H2,(H2,14,17). The number of pyridine rings is 1. The van der Waals surface area contributed by atoms with E-state index in [0.717, 1.165) is 18.4 Å². The molecule has 0 aliphatic heterocycles. The van der Waals surface area contributed by atoms with Crippen LogP contribution in [0.3, 0.4) is 0 Å². The molecule has 92 valence electrons. The highest BCUT2D eigenvalue weighted by Gasteiger charge is 2.22. The Kier molecular flexibility index (Phi) is 4.09. The molecule has 0 aromatic carbocycles.